The first kappa shape index (κ1) is 14.4. The molecule has 1 aliphatic carbocycles. The van der Waals surface area contributed by atoms with Gasteiger partial charge in [-0.1, -0.05) is 47.0 Å². The van der Waals surface area contributed by atoms with Crippen LogP contribution in [0.5, 0.6) is 0 Å². The molecule has 0 aromatic rings. The Hall–Kier alpha value is 0.310. The van der Waals surface area contributed by atoms with Crippen LogP contribution in [0.15, 0.2) is 0 Å². The van der Waals surface area contributed by atoms with E-state index in [1.807, 2.05) is 11.8 Å². The molecule has 1 N–H and O–H groups in total. The van der Waals surface area contributed by atoms with Crippen molar-refractivity contribution in [2.75, 3.05) is 5.75 Å². The smallest absolute Gasteiger partial charge is 0.0658 e. The maximum Gasteiger partial charge on any atom is 0.0658 e. The predicted octanol–water partition coefficient (Wildman–Crippen LogP) is 4.10. The Morgan fingerprint density at radius 3 is 2.19 bits per heavy atom. The molecule has 1 fully saturated rings. The van der Waals surface area contributed by atoms with Crippen LogP contribution in [0, 0.1) is 11.8 Å². The van der Waals surface area contributed by atoms with E-state index in [1.165, 1.54) is 32.1 Å². The summed E-state index contributed by atoms with van der Waals surface area (Å²) in [6.07, 6.45) is 6.38. The third kappa shape index (κ3) is 5.09. The summed E-state index contributed by atoms with van der Waals surface area (Å²) < 4.78 is 0.279. The zero-order valence-electron chi connectivity index (χ0n) is 11.3. The lowest BCUT2D eigenvalue weighted by molar-refractivity contribution is 0.0914. The summed E-state index contributed by atoms with van der Waals surface area (Å²) in [6.45, 7) is 8.95. The van der Waals surface area contributed by atoms with E-state index in [1.54, 1.807) is 0 Å². The zero-order chi connectivity index (χ0) is 12.2. The Kier molecular flexibility index (Phi) is 5.66. The van der Waals surface area contributed by atoms with Crippen molar-refractivity contribution in [2.24, 2.45) is 11.8 Å². The van der Waals surface area contributed by atoms with Crippen molar-refractivity contribution in [1.82, 2.24) is 0 Å². The number of hydrogen-bond donors (Lipinski definition) is 1. The second-order valence-electron chi connectivity index (χ2n) is 6.18. The molecule has 2 heteroatoms. The molecule has 0 heterocycles. The Balaban J connectivity index is 2.25. The summed E-state index contributed by atoms with van der Waals surface area (Å²) in [4.78, 5) is 0. The van der Waals surface area contributed by atoms with Crippen LogP contribution in [0.2, 0.25) is 0 Å². The molecule has 0 spiro atoms. The average Bonchev–Trinajstić information content (AvgIpc) is 2.25. The molecular weight excluding hydrogens is 216 g/mol. The maximum absolute atomic E-state index is 10.2. The van der Waals surface area contributed by atoms with E-state index in [-0.39, 0.29) is 10.9 Å². The van der Waals surface area contributed by atoms with Crippen molar-refractivity contribution in [3.8, 4) is 0 Å². The number of aliphatic hydroxyl groups is 1. The van der Waals surface area contributed by atoms with Gasteiger partial charge in [-0.2, -0.15) is 11.8 Å². The fourth-order valence-electron chi connectivity index (χ4n) is 2.45. The number of thioether (sulfide) groups is 1. The van der Waals surface area contributed by atoms with Crippen molar-refractivity contribution < 1.29 is 5.11 Å². The molecular formula is C14H28OS. The van der Waals surface area contributed by atoms with Gasteiger partial charge in [0.2, 0.25) is 0 Å². The SMILES string of the molecule is CCC1CCC(C(O)CSC(C)(C)C)CC1. The van der Waals surface area contributed by atoms with Gasteiger partial charge in [0.05, 0.1) is 6.10 Å². The fourth-order valence-corrected chi connectivity index (χ4v) is 3.40. The summed E-state index contributed by atoms with van der Waals surface area (Å²) in [5.74, 6) is 2.40. The van der Waals surface area contributed by atoms with Gasteiger partial charge in [-0.25, -0.2) is 0 Å². The normalized spacial score (nSPS) is 29.1. The van der Waals surface area contributed by atoms with Crippen molar-refractivity contribution in [3.05, 3.63) is 0 Å². The molecule has 0 amide bonds. The lowest BCUT2D eigenvalue weighted by Gasteiger charge is -2.32. The van der Waals surface area contributed by atoms with E-state index in [0.29, 0.717) is 5.92 Å². The molecule has 0 aromatic carbocycles. The summed E-state index contributed by atoms with van der Waals surface area (Å²) in [6, 6.07) is 0. The first-order valence-corrected chi connectivity index (χ1v) is 7.73. The van der Waals surface area contributed by atoms with Gasteiger partial charge in [0.25, 0.3) is 0 Å². The molecule has 1 saturated carbocycles. The lowest BCUT2D eigenvalue weighted by atomic mass is 9.79. The highest BCUT2D eigenvalue weighted by Gasteiger charge is 2.26. The first-order chi connectivity index (χ1) is 7.42. The summed E-state index contributed by atoms with van der Waals surface area (Å²) in [5, 5.41) is 10.2. The first-order valence-electron chi connectivity index (χ1n) is 6.74. The van der Waals surface area contributed by atoms with Crippen molar-refractivity contribution in [2.45, 2.75) is 70.7 Å². The van der Waals surface area contributed by atoms with Gasteiger partial charge in [0, 0.05) is 10.5 Å². The molecule has 1 unspecified atom stereocenters. The third-order valence-electron chi connectivity index (χ3n) is 3.70. The minimum Gasteiger partial charge on any atom is -0.392 e. The summed E-state index contributed by atoms with van der Waals surface area (Å²) in [5.41, 5.74) is 0. The molecule has 0 saturated heterocycles. The van der Waals surface area contributed by atoms with E-state index in [0.717, 1.165) is 11.7 Å². The minimum absolute atomic E-state index is 0.0815. The maximum atomic E-state index is 10.2. The molecule has 0 aliphatic heterocycles. The highest BCUT2D eigenvalue weighted by atomic mass is 32.2. The molecule has 0 bridgehead atoms. The van der Waals surface area contributed by atoms with Crippen LogP contribution in [0.1, 0.15) is 59.8 Å². The van der Waals surface area contributed by atoms with E-state index < -0.39 is 0 Å². The minimum atomic E-state index is -0.0815. The molecule has 1 aliphatic rings. The second-order valence-corrected chi connectivity index (χ2v) is 8.03. The Morgan fingerprint density at radius 2 is 1.75 bits per heavy atom. The quantitative estimate of drug-likeness (QED) is 0.803. The monoisotopic (exact) mass is 244 g/mol. The van der Waals surface area contributed by atoms with Gasteiger partial charge >= 0.3 is 0 Å². The third-order valence-corrected chi connectivity index (χ3v) is 5.07. The molecule has 1 nitrogen and oxygen atoms in total. The van der Waals surface area contributed by atoms with Gasteiger partial charge in [-0.3, -0.25) is 0 Å². The number of aliphatic hydroxyl groups excluding tert-OH is 1. The van der Waals surface area contributed by atoms with Gasteiger partial charge in [0.1, 0.15) is 0 Å². The Labute approximate surface area is 105 Å². The van der Waals surface area contributed by atoms with Crippen LogP contribution in [0.25, 0.3) is 0 Å². The Bertz CT molecular complexity index is 189. The molecule has 0 radical (unpaired) electrons. The van der Waals surface area contributed by atoms with Crippen LogP contribution in [-0.2, 0) is 0 Å². The highest BCUT2D eigenvalue weighted by Crippen LogP contribution is 2.34. The van der Waals surface area contributed by atoms with E-state index in [2.05, 4.69) is 27.7 Å². The molecule has 96 valence electrons. The molecule has 1 atom stereocenters. The predicted molar refractivity (Wildman–Crippen MR) is 74.0 cm³/mol. The van der Waals surface area contributed by atoms with Gasteiger partial charge < -0.3 is 5.11 Å². The van der Waals surface area contributed by atoms with Crippen LogP contribution < -0.4 is 0 Å². The van der Waals surface area contributed by atoms with Crippen LogP contribution >= 0.6 is 11.8 Å². The van der Waals surface area contributed by atoms with Crippen LogP contribution in [0.4, 0.5) is 0 Å². The van der Waals surface area contributed by atoms with Crippen LogP contribution in [-0.4, -0.2) is 21.7 Å². The molecule has 0 aromatic heterocycles. The van der Waals surface area contributed by atoms with Gasteiger partial charge in [-0.05, 0) is 24.7 Å². The standard InChI is InChI=1S/C14H28OS/c1-5-11-6-8-12(9-7-11)13(15)10-16-14(2,3)4/h11-13,15H,5-10H2,1-4H3. The lowest BCUT2D eigenvalue weighted by Crippen LogP contribution is -2.28. The largest absolute Gasteiger partial charge is 0.392 e. The van der Waals surface area contributed by atoms with Crippen molar-refractivity contribution >= 4 is 11.8 Å². The topological polar surface area (TPSA) is 20.2 Å². The van der Waals surface area contributed by atoms with Gasteiger partial charge in [-0.15, -0.1) is 0 Å². The van der Waals surface area contributed by atoms with E-state index in [9.17, 15) is 5.11 Å². The average molecular weight is 244 g/mol. The Morgan fingerprint density at radius 1 is 1.19 bits per heavy atom. The molecule has 1 rings (SSSR count). The van der Waals surface area contributed by atoms with E-state index >= 15 is 0 Å². The van der Waals surface area contributed by atoms with Crippen molar-refractivity contribution in [3.63, 3.8) is 0 Å². The van der Waals surface area contributed by atoms with E-state index in [4.69, 9.17) is 0 Å². The fraction of sp³-hybridized carbons (Fsp3) is 1.00. The zero-order valence-corrected chi connectivity index (χ0v) is 12.1. The van der Waals surface area contributed by atoms with Crippen LogP contribution in [0.3, 0.4) is 0 Å². The summed E-state index contributed by atoms with van der Waals surface area (Å²) >= 11 is 1.89. The van der Waals surface area contributed by atoms with Gasteiger partial charge in [0.15, 0.2) is 0 Å². The second kappa shape index (κ2) is 6.30. The van der Waals surface area contributed by atoms with Crippen molar-refractivity contribution in [1.29, 1.82) is 0 Å². The number of rotatable bonds is 4. The summed E-state index contributed by atoms with van der Waals surface area (Å²) in [7, 11) is 0. The highest BCUT2D eigenvalue weighted by molar-refractivity contribution is 8.00. The number of hydrogen-bond acceptors (Lipinski definition) is 2. The molecule has 16 heavy (non-hydrogen) atoms.